The fraction of sp³-hybridized carbons (Fsp3) is 0.500. The summed E-state index contributed by atoms with van der Waals surface area (Å²) in [7, 11) is 0. The van der Waals surface area contributed by atoms with E-state index in [1.54, 1.807) is 11.3 Å². The van der Waals surface area contributed by atoms with Crippen molar-refractivity contribution >= 4 is 17.3 Å². The van der Waals surface area contributed by atoms with Gasteiger partial charge in [0.15, 0.2) is 5.96 Å². The Bertz CT molecular complexity index is 731. The second kappa shape index (κ2) is 8.00. The Morgan fingerprint density at radius 1 is 1.24 bits per heavy atom. The molecule has 1 aromatic carbocycles. The molecule has 1 aliphatic rings. The number of hydrogen-bond acceptors (Lipinski definition) is 3. The predicted molar refractivity (Wildman–Crippen MR) is 106 cm³/mol. The number of aliphatic imine (C=N–C) groups is 1. The van der Waals surface area contributed by atoms with Gasteiger partial charge >= 0.3 is 0 Å². The summed E-state index contributed by atoms with van der Waals surface area (Å²) < 4.78 is 0. The first kappa shape index (κ1) is 17.9. The SMILES string of the molecule is CCNC(=NCc1ncc(CC)s1)NCC1(c2ccccc2C)CC1. The number of thiazole rings is 1. The standard InChI is InChI=1S/C20H28N4S/c1-4-16-12-22-18(25-16)13-23-19(21-5-2)24-14-20(10-11-20)17-9-7-6-8-15(17)3/h6-9,12H,4-5,10-11,13-14H2,1-3H3,(H2,21,23,24). The molecule has 25 heavy (non-hydrogen) atoms. The van der Waals surface area contributed by atoms with Gasteiger partial charge in [0, 0.05) is 29.6 Å². The second-order valence-corrected chi connectivity index (χ2v) is 7.92. The first-order valence-electron chi connectivity index (χ1n) is 9.19. The van der Waals surface area contributed by atoms with Gasteiger partial charge < -0.3 is 10.6 Å². The molecule has 3 rings (SSSR count). The minimum absolute atomic E-state index is 0.276. The van der Waals surface area contributed by atoms with E-state index in [0.717, 1.165) is 30.5 Å². The molecule has 0 aliphatic heterocycles. The van der Waals surface area contributed by atoms with Crippen molar-refractivity contribution in [1.82, 2.24) is 15.6 Å². The highest BCUT2D eigenvalue weighted by Crippen LogP contribution is 2.48. The molecule has 1 saturated carbocycles. The summed E-state index contributed by atoms with van der Waals surface area (Å²) in [5, 5.41) is 7.99. The Labute approximate surface area is 154 Å². The van der Waals surface area contributed by atoms with Crippen molar-refractivity contribution in [3.8, 4) is 0 Å². The summed E-state index contributed by atoms with van der Waals surface area (Å²) in [6.45, 7) is 8.90. The fourth-order valence-corrected chi connectivity index (χ4v) is 3.97. The number of hydrogen-bond donors (Lipinski definition) is 2. The van der Waals surface area contributed by atoms with E-state index in [9.17, 15) is 0 Å². The van der Waals surface area contributed by atoms with Crippen molar-refractivity contribution < 1.29 is 0 Å². The molecule has 1 heterocycles. The van der Waals surface area contributed by atoms with Crippen molar-refractivity contribution in [3.05, 3.63) is 51.5 Å². The number of benzene rings is 1. The zero-order valence-corrected chi connectivity index (χ0v) is 16.2. The minimum Gasteiger partial charge on any atom is -0.357 e. The lowest BCUT2D eigenvalue weighted by Gasteiger charge is -2.20. The summed E-state index contributed by atoms with van der Waals surface area (Å²) in [6.07, 6.45) is 5.50. The molecule has 5 heteroatoms. The molecule has 0 spiro atoms. The van der Waals surface area contributed by atoms with Crippen LogP contribution in [0.4, 0.5) is 0 Å². The van der Waals surface area contributed by atoms with Crippen LogP contribution in [0.2, 0.25) is 0 Å². The molecule has 2 aromatic rings. The number of aryl methyl sites for hydroxylation is 2. The van der Waals surface area contributed by atoms with Gasteiger partial charge in [0.05, 0.1) is 6.54 Å². The van der Waals surface area contributed by atoms with Crippen LogP contribution in [0, 0.1) is 6.92 Å². The lowest BCUT2D eigenvalue weighted by molar-refractivity contribution is 0.642. The first-order chi connectivity index (χ1) is 12.2. The number of nitrogens with one attached hydrogen (secondary N) is 2. The zero-order chi connectivity index (χ0) is 17.7. The summed E-state index contributed by atoms with van der Waals surface area (Å²) >= 11 is 1.75. The maximum Gasteiger partial charge on any atom is 0.191 e. The number of aromatic nitrogens is 1. The number of guanidine groups is 1. The highest BCUT2D eigenvalue weighted by molar-refractivity contribution is 7.11. The van der Waals surface area contributed by atoms with E-state index in [4.69, 9.17) is 4.99 Å². The van der Waals surface area contributed by atoms with Crippen LogP contribution >= 0.6 is 11.3 Å². The van der Waals surface area contributed by atoms with Crippen LogP contribution in [-0.4, -0.2) is 24.0 Å². The molecule has 134 valence electrons. The van der Waals surface area contributed by atoms with Crippen LogP contribution in [0.1, 0.15) is 47.7 Å². The molecule has 2 N–H and O–H groups in total. The van der Waals surface area contributed by atoms with Crippen molar-refractivity contribution in [2.75, 3.05) is 13.1 Å². The number of nitrogens with zero attached hydrogens (tertiary/aromatic N) is 2. The van der Waals surface area contributed by atoms with Crippen molar-refractivity contribution in [2.45, 2.75) is 52.0 Å². The van der Waals surface area contributed by atoms with E-state index in [1.807, 2.05) is 6.20 Å². The molecule has 1 fully saturated rings. The molecule has 0 atom stereocenters. The van der Waals surface area contributed by atoms with Crippen molar-refractivity contribution in [3.63, 3.8) is 0 Å². The van der Waals surface area contributed by atoms with Gasteiger partial charge in [0.25, 0.3) is 0 Å². The fourth-order valence-electron chi connectivity index (χ4n) is 3.19. The highest BCUT2D eigenvalue weighted by Gasteiger charge is 2.44. The van der Waals surface area contributed by atoms with Gasteiger partial charge in [-0.05, 0) is 44.2 Å². The average Bonchev–Trinajstić information content (AvgIpc) is 3.27. The summed E-state index contributed by atoms with van der Waals surface area (Å²) in [5.41, 5.74) is 3.14. The summed E-state index contributed by atoms with van der Waals surface area (Å²) in [5.74, 6) is 0.885. The van der Waals surface area contributed by atoms with Crippen molar-refractivity contribution in [2.24, 2.45) is 4.99 Å². The first-order valence-corrected chi connectivity index (χ1v) is 10.0. The lowest BCUT2D eigenvalue weighted by Crippen LogP contribution is -2.41. The maximum atomic E-state index is 4.72. The predicted octanol–water partition coefficient (Wildman–Crippen LogP) is 3.80. The molecule has 0 unspecified atom stereocenters. The Balaban J connectivity index is 1.64. The van der Waals surface area contributed by atoms with Crippen LogP contribution in [-0.2, 0) is 18.4 Å². The average molecular weight is 357 g/mol. The van der Waals surface area contributed by atoms with Gasteiger partial charge in [-0.1, -0.05) is 31.2 Å². The van der Waals surface area contributed by atoms with Crippen LogP contribution in [0.5, 0.6) is 0 Å². The van der Waals surface area contributed by atoms with E-state index in [2.05, 4.69) is 60.7 Å². The molecular weight excluding hydrogens is 328 g/mol. The Morgan fingerprint density at radius 3 is 2.68 bits per heavy atom. The maximum absolute atomic E-state index is 4.72. The van der Waals surface area contributed by atoms with Gasteiger partial charge in [0.1, 0.15) is 5.01 Å². The molecule has 1 aliphatic carbocycles. The Morgan fingerprint density at radius 2 is 2.04 bits per heavy atom. The van der Waals surface area contributed by atoms with E-state index in [-0.39, 0.29) is 5.41 Å². The Kier molecular flexibility index (Phi) is 5.74. The van der Waals surface area contributed by atoms with Gasteiger partial charge in [0.2, 0.25) is 0 Å². The van der Waals surface area contributed by atoms with E-state index >= 15 is 0 Å². The molecule has 1 aromatic heterocycles. The van der Waals surface area contributed by atoms with Gasteiger partial charge in [-0.25, -0.2) is 9.98 Å². The number of rotatable bonds is 7. The van der Waals surface area contributed by atoms with E-state index < -0.39 is 0 Å². The van der Waals surface area contributed by atoms with E-state index in [1.165, 1.54) is 28.8 Å². The third-order valence-electron chi connectivity index (χ3n) is 4.83. The molecule has 0 amide bonds. The van der Waals surface area contributed by atoms with Gasteiger partial charge in [-0.3, -0.25) is 0 Å². The van der Waals surface area contributed by atoms with E-state index in [0.29, 0.717) is 6.54 Å². The van der Waals surface area contributed by atoms with Gasteiger partial charge in [-0.15, -0.1) is 11.3 Å². The second-order valence-electron chi connectivity index (χ2n) is 6.72. The summed E-state index contributed by atoms with van der Waals surface area (Å²) in [4.78, 5) is 10.5. The molecule has 4 nitrogen and oxygen atoms in total. The highest BCUT2D eigenvalue weighted by atomic mass is 32.1. The molecule has 0 saturated heterocycles. The third kappa shape index (κ3) is 4.40. The minimum atomic E-state index is 0.276. The summed E-state index contributed by atoms with van der Waals surface area (Å²) in [6, 6.07) is 8.75. The van der Waals surface area contributed by atoms with Crippen LogP contribution in [0.15, 0.2) is 35.5 Å². The van der Waals surface area contributed by atoms with Crippen LogP contribution < -0.4 is 10.6 Å². The molecule has 0 bridgehead atoms. The third-order valence-corrected chi connectivity index (χ3v) is 5.96. The molecular formula is C20H28N4S. The largest absolute Gasteiger partial charge is 0.357 e. The normalized spacial score (nSPS) is 15.9. The van der Waals surface area contributed by atoms with Crippen molar-refractivity contribution in [1.29, 1.82) is 0 Å². The van der Waals surface area contributed by atoms with Gasteiger partial charge in [-0.2, -0.15) is 0 Å². The quantitative estimate of drug-likeness (QED) is 0.586. The lowest BCUT2D eigenvalue weighted by atomic mass is 9.92. The Hall–Kier alpha value is -1.88. The smallest absolute Gasteiger partial charge is 0.191 e. The van der Waals surface area contributed by atoms with Crippen LogP contribution in [0.25, 0.3) is 0 Å². The molecule has 0 radical (unpaired) electrons. The zero-order valence-electron chi connectivity index (χ0n) is 15.4. The monoisotopic (exact) mass is 356 g/mol. The topological polar surface area (TPSA) is 49.3 Å². The van der Waals surface area contributed by atoms with Crippen LogP contribution in [0.3, 0.4) is 0 Å².